The fourth-order valence-corrected chi connectivity index (χ4v) is 5.73. The Morgan fingerprint density at radius 2 is 2.05 bits per heavy atom. The summed E-state index contributed by atoms with van der Waals surface area (Å²) in [7, 11) is -3.40. The summed E-state index contributed by atoms with van der Waals surface area (Å²) < 4.78 is 34.7. The van der Waals surface area contributed by atoms with E-state index < -0.39 is 39.6 Å². The molecule has 2 aliphatic heterocycles. The molecule has 2 amide bonds. The van der Waals surface area contributed by atoms with Gasteiger partial charge in [0, 0.05) is 17.3 Å². The number of carbonyl (C=O) groups excluding carboxylic acids is 2. The fraction of sp³-hybridized carbons (Fsp3) is 0.368. The third-order valence-corrected chi connectivity index (χ3v) is 7.37. The molecule has 0 aliphatic carbocycles. The Kier molecular flexibility index (Phi) is 9.70. The lowest BCUT2D eigenvalue weighted by Crippen LogP contribution is -2.71. The van der Waals surface area contributed by atoms with E-state index in [1.54, 1.807) is 10.9 Å². The molecular formula is C19H24N8O10S3. The Morgan fingerprint density at radius 1 is 1.38 bits per heavy atom. The van der Waals surface area contributed by atoms with Gasteiger partial charge in [-0.25, -0.2) is 9.78 Å². The summed E-state index contributed by atoms with van der Waals surface area (Å²) in [6, 6.07) is 0.567. The minimum absolute atomic E-state index is 0.122. The molecule has 40 heavy (non-hydrogen) atoms. The number of oxime groups is 1. The number of amides is 2. The van der Waals surface area contributed by atoms with Gasteiger partial charge >= 0.3 is 16.4 Å². The number of carboxylic acid groups (broad SMARTS) is 1. The van der Waals surface area contributed by atoms with Crippen molar-refractivity contribution in [1.82, 2.24) is 24.6 Å². The van der Waals surface area contributed by atoms with Crippen molar-refractivity contribution in [3.63, 3.8) is 0 Å². The standard InChI is InChI=1S/C19H22N8O6S2.H2O4S/c1-33-24-12(10-8-35-19(21)22-10)15(29)23-13-16(30)27-14(18(31)32)9(7-34-17(13)27)6-25-3-2-11(20)26(25)4-5-28;1-5(2,3)4/h2-3,8,13,17,20,28H,4-7H2,1H3,(H2,21,22)(H,23,29)(H,31,32);(H2,1,2,3,4)/b20-11?,24-12-;/t13?,17-;/m1./s1. The highest BCUT2D eigenvalue weighted by molar-refractivity contribution is 8.00. The molecule has 8 N–H and O–H groups in total. The van der Waals surface area contributed by atoms with Crippen molar-refractivity contribution in [3.05, 3.63) is 40.1 Å². The first kappa shape index (κ1) is 30.8. The molecule has 2 atom stereocenters. The van der Waals surface area contributed by atoms with Crippen molar-refractivity contribution in [2.75, 3.05) is 25.2 Å². The zero-order chi connectivity index (χ0) is 29.8. The van der Waals surface area contributed by atoms with E-state index in [9.17, 15) is 24.6 Å². The Hall–Kier alpha value is -3.76. The van der Waals surface area contributed by atoms with Crippen LogP contribution >= 0.6 is 23.1 Å². The van der Waals surface area contributed by atoms with Crippen LogP contribution in [0.5, 0.6) is 0 Å². The number of fused-ring (bicyclic) bond motifs is 1. The summed E-state index contributed by atoms with van der Waals surface area (Å²) in [4.78, 5) is 47.8. The van der Waals surface area contributed by atoms with E-state index in [-0.39, 0.29) is 53.2 Å². The highest BCUT2D eigenvalue weighted by Crippen LogP contribution is 2.40. The molecular weight excluding hydrogens is 596 g/mol. The van der Waals surface area contributed by atoms with Crippen LogP contribution in [0.2, 0.25) is 0 Å². The van der Waals surface area contributed by atoms with Crippen molar-refractivity contribution >= 4 is 62.1 Å². The molecule has 0 aromatic carbocycles. The van der Waals surface area contributed by atoms with Crippen LogP contribution < -0.4 is 16.5 Å². The van der Waals surface area contributed by atoms with Crippen LogP contribution in [0.4, 0.5) is 5.13 Å². The number of aliphatic hydroxyl groups excluding tert-OH is 1. The van der Waals surface area contributed by atoms with Crippen molar-refractivity contribution in [1.29, 1.82) is 5.41 Å². The number of aliphatic hydroxyl groups is 1. The van der Waals surface area contributed by atoms with Crippen molar-refractivity contribution < 1.29 is 47.0 Å². The lowest BCUT2D eigenvalue weighted by Gasteiger charge is -2.49. The second kappa shape index (κ2) is 12.6. The highest BCUT2D eigenvalue weighted by Gasteiger charge is 2.54. The van der Waals surface area contributed by atoms with Gasteiger partial charge in [0.15, 0.2) is 10.8 Å². The number of anilines is 1. The van der Waals surface area contributed by atoms with Crippen LogP contribution in [0.25, 0.3) is 0 Å². The van der Waals surface area contributed by atoms with Gasteiger partial charge in [0.25, 0.3) is 11.8 Å². The van der Waals surface area contributed by atoms with Gasteiger partial charge in [0.2, 0.25) is 0 Å². The first-order valence-corrected chi connectivity index (χ1v) is 14.2. The minimum Gasteiger partial charge on any atom is -0.477 e. The lowest BCUT2D eigenvalue weighted by molar-refractivity contribution is -0.150. The molecule has 21 heteroatoms. The first-order chi connectivity index (χ1) is 18.8. The number of rotatable bonds is 9. The normalized spacial score (nSPS) is 18.9. The molecule has 4 rings (SSSR count). The Bertz CT molecular complexity index is 1520. The largest absolute Gasteiger partial charge is 0.477 e. The summed E-state index contributed by atoms with van der Waals surface area (Å²) >= 11 is 2.43. The molecule has 0 radical (unpaired) electrons. The summed E-state index contributed by atoms with van der Waals surface area (Å²) in [6.45, 7) is 0.108. The summed E-state index contributed by atoms with van der Waals surface area (Å²) in [5.41, 5.74) is 6.14. The van der Waals surface area contributed by atoms with Gasteiger partial charge in [-0.05, 0) is 11.6 Å². The predicted molar refractivity (Wildman–Crippen MR) is 139 cm³/mol. The van der Waals surface area contributed by atoms with Gasteiger partial charge in [-0.1, -0.05) is 5.16 Å². The number of nitrogen functional groups attached to an aromatic ring is 1. The molecule has 1 unspecified atom stereocenters. The lowest BCUT2D eigenvalue weighted by atomic mass is 10.0. The molecule has 2 aliphatic rings. The Morgan fingerprint density at radius 3 is 2.60 bits per heavy atom. The molecule has 1 saturated heterocycles. The number of thiazole rings is 1. The molecule has 2 aromatic rings. The third kappa shape index (κ3) is 7.05. The van der Waals surface area contributed by atoms with Gasteiger partial charge in [-0.3, -0.25) is 38.4 Å². The zero-order valence-corrected chi connectivity index (χ0v) is 22.9. The van der Waals surface area contributed by atoms with Crippen molar-refractivity contribution in [2.45, 2.75) is 24.5 Å². The quantitative estimate of drug-likeness (QED) is 0.0688. The van der Waals surface area contributed by atoms with E-state index >= 15 is 0 Å². The van der Waals surface area contributed by atoms with Crippen LogP contribution in [-0.2, 0) is 42.7 Å². The molecule has 0 bridgehead atoms. The van der Waals surface area contributed by atoms with Crippen LogP contribution in [-0.4, -0.2) is 101 Å². The molecule has 0 spiro atoms. The van der Waals surface area contributed by atoms with Crippen molar-refractivity contribution in [3.8, 4) is 0 Å². The number of carboxylic acids is 1. The van der Waals surface area contributed by atoms with E-state index in [1.807, 2.05) is 0 Å². The van der Waals surface area contributed by atoms with Gasteiger partial charge in [-0.15, -0.1) is 23.1 Å². The molecule has 218 valence electrons. The van der Waals surface area contributed by atoms with E-state index in [1.165, 1.54) is 35.0 Å². The monoisotopic (exact) mass is 620 g/mol. The summed E-state index contributed by atoms with van der Waals surface area (Å²) in [6.07, 6.45) is 1.62. The number of hydrogen-bond acceptors (Lipinski definition) is 13. The number of carbonyl (C=O) groups is 3. The number of β-lactam (4-membered cyclic amide) rings is 1. The maximum absolute atomic E-state index is 13.0. The summed E-state index contributed by atoms with van der Waals surface area (Å²) in [5.74, 6) is -2.26. The SMILES string of the molecule is CO/N=C(\C(=O)NC1C(=O)N2C(C(=O)O)=C(Cn3ccc(=N)n3CCO)CS[C@H]12)c1csc(N)n1.O=S(=O)(O)O. The molecule has 0 saturated carbocycles. The van der Waals surface area contributed by atoms with Crippen LogP contribution in [0.3, 0.4) is 0 Å². The first-order valence-electron chi connectivity index (χ1n) is 10.9. The second-order valence-electron chi connectivity index (χ2n) is 7.90. The number of aromatic nitrogens is 3. The topological polar surface area (TPSA) is 276 Å². The smallest absolute Gasteiger partial charge is 0.394 e. The third-order valence-electron chi connectivity index (χ3n) is 5.36. The average molecular weight is 621 g/mol. The Labute approximate surface area is 233 Å². The van der Waals surface area contributed by atoms with E-state index in [4.69, 9.17) is 33.5 Å². The Balaban J connectivity index is 0.000000810. The maximum atomic E-state index is 13.0. The van der Waals surface area contributed by atoms with Crippen molar-refractivity contribution in [2.24, 2.45) is 5.16 Å². The zero-order valence-electron chi connectivity index (χ0n) is 20.5. The number of nitrogens with two attached hydrogens (primary N) is 1. The van der Waals surface area contributed by atoms with E-state index in [0.717, 1.165) is 16.2 Å². The minimum atomic E-state index is -4.67. The molecule has 2 aromatic heterocycles. The molecule has 4 heterocycles. The van der Waals surface area contributed by atoms with Gasteiger partial charge in [-0.2, -0.15) is 8.42 Å². The number of nitrogens with zero attached hydrogens (tertiary/aromatic N) is 5. The average Bonchev–Trinajstić information content (AvgIpc) is 3.45. The maximum Gasteiger partial charge on any atom is 0.394 e. The molecule has 18 nitrogen and oxygen atoms in total. The highest BCUT2D eigenvalue weighted by atomic mass is 32.3. The number of hydrogen-bond donors (Lipinski definition) is 7. The van der Waals surface area contributed by atoms with Gasteiger partial charge in [0.1, 0.15) is 35.4 Å². The number of nitrogens with one attached hydrogen (secondary N) is 2. The fourth-order valence-electron chi connectivity index (χ4n) is 3.85. The number of thioether (sulfide) groups is 1. The summed E-state index contributed by atoms with van der Waals surface area (Å²) in [5, 5.41) is 34.5. The van der Waals surface area contributed by atoms with E-state index in [2.05, 4.69) is 15.5 Å². The predicted octanol–water partition coefficient (Wildman–Crippen LogP) is -2.06. The van der Waals surface area contributed by atoms with E-state index in [0.29, 0.717) is 5.57 Å². The number of aliphatic carboxylic acids is 1. The molecule has 1 fully saturated rings. The van der Waals surface area contributed by atoms with Gasteiger partial charge < -0.3 is 26.1 Å². The van der Waals surface area contributed by atoms with Gasteiger partial charge in [0.05, 0.1) is 19.7 Å². The van der Waals surface area contributed by atoms with Crippen LogP contribution in [0.15, 0.2) is 34.1 Å². The van der Waals surface area contributed by atoms with Crippen LogP contribution in [0.1, 0.15) is 5.69 Å². The van der Waals surface area contributed by atoms with Crippen LogP contribution in [0, 0.1) is 5.41 Å². The second-order valence-corrected chi connectivity index (χ2v) is 10.8.